The van der Waals surface area contributed by atoms with Gasteiger partial charge in [0.05, 0.1) is 0 Å². The number of nitrogens with one attached hydrogen (secondary N) is 2. The highest BCUT2D eigenvalue weighted by molar-refractivity contribution is 7.98. The number of carbonyl (C=O) groups excluding carboxylic acids is 1. The first-order chi connectivity index (χ1) is 14.0. The van der Waals surface area contributed by atoms with Crippen molar-refractivity contribution in [1.29, 1.82) is 0 Å². The molecule has 0 bridgehead atoms. The van der Waals surface area contributed by atoms with Crippen molar-refractivity contribution in [2.45, 2.75) is 30.0 Å². The van der Waals surface area contributed by atoms with Crippen LogP contribution in [0.25, 0.3) is 0 Å². The third-order valence-corrected chi connectivity index (χ3v) is 6.70. The zero-order valence-corrected chi connectivity index (χ0v) is 18.2. The number of thioether (sulfide) groups is 1. The Bertz CT molecular complexity index is 838. The largest absolute Gasteiger partial charge is 0.477 e. The molecule has 0 saturated carbocycles. The number of hydrogen-bond acceptors (Lipinski definition) is 6. The summed E-state index contributed by atoms with van der Waals surface area (Å²) in [7, 11) is 0. The smallest absolute Gasteiger partial charge is 0.341 e. The molecule has 0 radical (unpaired) electrons. The molecule has 1 fully saturated rings. The summed E-state index contributed by atoms with van der Waals surface area (Å²) in [6.45, 7) is 3.77. The predicted octanol–water partition coefficient (Wildman–Crippen LogP) is 4.39. The Morgan fingerprint density at radius 2 is 1.97 bits per heavy atom. The fourth-order valence-corrected chi connectivity index (χ4v) is 5.06. The fourth-order valence-electron chi connectivity index (χ4n) is 3.04. The minimum atomic E-state index is -1.11. The van der Waals surface area contributed by atoms with Crippen LogP contribution < -0.4 is 10.6 Å². The van der Waals surface area contributed by atoms with E-state index in [-0.39, 0.29) is 10.6 Å². The van der Waals surface area contributed by atoms with Crippen LogP contribution >= 0.6 is 34.9 Å². The van der Waals surface area contributed by atoms with Gasteiger partial charge in [-0.2, -0.15) is 4.37 Å². The third kappa shape index (κ3) is 6.60. The predicted molar refractivity (Wildman–Crippen MR) is 117 cm³/mol. The molecule has 2 heterocycles. The standard InChI is InChI=1S/C19H23ClN4O3S2/c20-14-6-4-13(5-7-14)12-28-17-15(18(25)26)16(29-23-17)22-19(27)21-8-3-11-24-9-1-2-10-24/h4-7H,1-3,8-12H2,(H,25,26)(H2,21,22,27). The Morgan fingerprint density at radius 3 is 2.66 bits per heavy atom. The van der Waals surface area contributed by atoms with Crippen molar-refractivity contribution in [2.75, 3.05) is 31.5 Å². The number of hydrogen-bond donors (Lipinski definition) is 3. The maximum Gasteiger partial charge on any atom is 0.341 e. The molecule has 7 nitrogen and oxygen atoms in total. The lowest BCUT2D eigenvalue weighted by molar-refractivity contribution is 0.0694. The zero-order chi connectivity index (χ0) is 20.6. The number of anilines is 1. The van der Waals surface area contributed by atoms with Gasteiger partial charge >= 0.3 is 12.0 Å². The van der Waals surface area contributed by atoms with Gasteiger partial charge in [-0.15, -0.1) is 0 Å². The summed E-state index contributed by atoms with van der Waals surface area (Å²) >= 11 is 8.18. The van der Waals surface area contributed by atoms with Gasteiger partial charge in [0.2, 0.25) is 0 Å². The molecule has 2 amide bonds. The number of carboxylic acid groups (broad SMARTS) is 1. The number of likely N-dealkylation sites (tertiary alicyclic amines) is 1. The summed E-state index contributed by atoms with van der Waals surface area (Å²) in [6, 6.07) is 6.94. The molecule has 3 rings (SSSR count). The van der Waals surface area contributed by atoms with Crippen molar-refractivity contribution in [3.8, 4) is 0 Å². The molecule has 3 N–H and O–H groups in total. The van der Waals surface area contributed by atoms with E-state index in [1.807, 2.05) is 12.1 Å². The van der Waals surface area contributed by atoms with Gasteiger partial charge in [-0.1, -0.05) is 35.5 Å². The van der Waals surface area contributed by atoms with E-state index in [2.05, 4.69) is 19.9 Å². The number of aromatic carboxylic acids is 1. The van der Waals surface area contributed by atoms with E-state index in [1.165, 1.54) is 24.6 Å². The number of nitrogens with zero attached hydrogens (tertiary/aromatic N) is 2. The SMILES string of the molecule is O=C(NCCCN1CCCC1)Nc1snc(SCc2ccc(Cl)cc2)c1C(=O)O. The topological polar surface area (TPSA) is 94.6 Å². The van der Waals surface area contributed by atoms with Crippen LogP contribution in [0.2, 0.25) is 5.02 Å². The number of carbonyl (C=O) groups is 2. The molecule has 0 spiro atoms. The van der Waals surface area contributed by atoms with Crippen LogP contribution in [-0.2, 0) is 5.75 Å². The van der Waals surface area contributed by atoms with E-state index in [0.29, 0.717) is 22.3 Å². The average Bonchev–Trinajstić information content (AvgIpc) is 3.34. The molecular formula is C19H23ClN4O3S2. The first kappa shape index (κ1) is 21.9. The molecule has 1 aliphatic heterocycles. The van der Waals surface area contributed by atoms with Gasteiger partial charge in [0.1, 0.15) is 15.6 Å². The second kappa shape index (κ2) is 10.8. The minimum Gasteiger partial charge on any atom is -0.477 e. The lowest BCUT2D eigenvalue weighted by Gasteiger charge is -2.14. The van der Waals surface area contributed by atoms with Crippen molar-refractivity contribution in [3.63, 3.8) is 0 Å². The second-order valence-electron chi connectivity index (χ2n) is 6.70. The third-order valence-electron chi connectivity index (χ3n) is 4.53. The van der Waals surface area contributed by atoms with E-state index in [0.717, 1.165) is 43.2 Å². The summed E-state index contributed by atoms with van der Waals surface area (Å²) in [5, 5.41) is 16.3. The van der Waals surface area contributed by atoms with E-state index >= 15 is 0 Å². The Kier molecular flexibility index (Phi) is 8.17. The zero-order valence-electron chi connectivity index (χ0n) is 15.8. The number of benzene rings is 1. The first-order valence-electron chi connectivity index (χ1n) is 9.40. The van der Waals surface area contributed by atoms with Crippen molar-refractivity contribution in [1.82, 2.24) is 14.6 Å². The molecule has 156 valence electrons. The molecule has 10 heteroatoms. The molecule has 1 aliphatic rings. The lowest BCUT2D eigenvalue weighted by Crippen LogP contribution is -2.32. The van der Waals surface area contributed by atoms with Gasteiger partial charge in [0.15, 0.2) is 0 Å². The first-order valence-corrected chi connectivity index (χ1v) is 11.5. The van der Waals surface area contributed by atoms with Gasteiger partial charge in [0, 0.05) is 17.3 Å². The highest BCUT2D eigenvalue weighted by Gasteiger charge is 2.22. The van der Waals surface area contributed by atoms with Crippen molar-refractivity contribution < 1.29 is 14.7 Å². The van der Waals surface area contributed by atoms with Gasteiger partial charge in [-0.25, -0.2) is 9.59 Å². The molecule has 1 saturated heterocycles. The molecule has 1 aromatic heterocycles. The Labute approximate surface area is 183 Å². The average molecular weight is 455 g/mol. The van der Waals surface area contributed by atoms with Gasteiger partial charge in [-0.05, 0) is 68.1 Å². The quantitative estimate of drug-likeness (QED) is 0.384. The van der Waals surface area contributed by atoms with Crippen molar-refractivity contribution in [2.24, 2.45) is 0 Å². The molecule has 0 aliphatic carbocycles. The van der Waals surface area contributed by atoms with Crippen LogP contribution in [0, 0.1) is 0 Å². The maximum absolute atomic E-state index is 12.1. The highest BCUT2D eigenvalue weighted by atomic mass is 35.5. The summed E-state index contributed by atoms with van der Waals surface area (Å²) < 4.78 is 4.22. The molecule has 0 atom stereocenters. The number of urea groups is 1. The van der Waals surface area contributed by atoms with Crippen LogP contribution in [0.15, 0.2) is 29.3 Å². The van der Waals surface area contributed by atoms with Gasteiger partial charge in [0.25, 0.3) is 0 Å². The molecule has 0 unspecified atom stereocenters. The Morgan fingerprint density at radius 1 is 1.24 bits per heavy atom. The fraction of sp³-hybridized carbons (Fsp3) is 0.421. The van der Waals surface area contributed by atoms with Crippen LogP contribution in [0.1, 0.15) is 35.2 Å². The minimum absolute atomic E-state index is 0.0289. The number of amides is 2. The van der Waals surface area contributed by atoms with Crippen LogP contribution in [-0.4, -0.2) is 52.6 Å². The lowest BCUT2D eigenvalue weighted by atomic mass is 10.2. The normalized spacial score (nSPS) is 14.1. The van der Waals surface area contributed by atoms with Crippen LogP contribution in [0.4, 0.5) is 9.80 Å². The molecular weight excluding hydrogens is 432 g/mol. The molecule has 1 aromatic carbocycles. The second-order valence-corrected chi connectivity index (χ2v) is 8.87. The van der Waals surface area contributed by atoms with E-state index < -0.39 is 12.0 Å². The number of aromatic nitrogens is 1. The van der Waals surface area contributed by atoms with Gasteiger partial charge < -0.3 is 15.3 Å². The number of rotatable bonds is 9. The van der Waals surface area contributed by atoms with Crippen molar-refractivity contribution >= 4 is 51.9 Å². The maximum atomic E-state index is 12.1. The van der Waals surface area contributed by atoms with E-state index in [1.54, 1.807) is 12.1 Å². The Hall–Kier alpha value is -1.81. The highest BCUT2D eigenvalue weighted by Crippen LogP contribution is 2.33. The summed E-state index contributed by atoms with van der Waals surface area (Å²) in [5.41, 5.74) is 1.04. The monoisotopic (exact) mass is 454 g/mol. The number of halogens is 1. The summed E-state index contributed by atoms with van der Waals surface area (Å²) in [4.78, 5) is 26.2. The summed E-state index contributed by atoms with van der Waals surface area (Å²) in [5.74, 6) is -0.551. The Balaban J connectivity index is 1.51. The molecule has 2 aromatic rings. The van der Waals surface area contributed by atoms with Crippen molar-refractivity contribution in [3.05, 3.63) is 40.4 Å². The van der Waals surface area contributed by atoms with E-state index in [9.17, 15) is 14.7 Å². The van der Waals surface area contributed by atoms with Gasteiger partial charge in [-0.3, -0.25) is 5.32 Å². The summed E-state index contributed by atoms with van der Waals surface area (Å²) in [6.07, 6.45) is 3.36. The van der Waals surface area contributed by atoms with Crippen LogP contribution in [0.3, 0.4) is 0 Å². The van der Waals surface area contributed by atoms with Crippen LogP contribution in [0.5, 0.6) is 0 Å². The molecule has 29 heavy (non-hydrogen) atoms. The number of carboxylic acids is 1. The van der Waals surface area contributed by atoms with E-state index in [4.69, 9.17) is 11.6 Å².